The highest BCUT2D eigenvalue weighted by Crippen LogP contribution is 2.19. The predicted octanol–water partition coefficient (Wildman–Crippen LogP) is 2.33. The van der Waals surface area contributed by atoms with Crippen LogP contribution in [0.2, 0.25) is 0 Å². The Morgan fingerprint density at radius 1 is 1.17 bits per heavy atom. The first-order valence-corrected chi connectivity index (χ1v) is 6.08. The smallest absolute Gasteiger partial charge is 0.339 e. The zero-order valence-electron chi connectivity index (χ0n) is 11.0. The van der Waals surface area contributed by atoms with Crippen molar-refractivity contribution in [1.82, 2.24) is 4.98 Å². The van der Waals surface area contributed by atoms with Gasteiger partial charge in [0.1, 0.15) is 0 Å². The van der Waals surface area contributed by atoms with Gasteiger partial charge in [0.05, 0.1) is 12.2 Å². The molecule has 0 saturated carbocycles. The highest BCUT2D eigenvalue weighted by molar-refractivity contribution is 5.89. The zero-order valence-corrected chi connectivity index (χ0v) is 11.0. The zero-order chi connectivity index (χ0) is 13.4. The fourth-order valence-electron chi connectivity index (χ4n) is 1.46. The lowest BCUT2D eigenvalue weighted by atomic mass is 10.2. The number of hydrogen-bond acceptors (Lipinski definition) is 5. The molecule has 1 heterocycles. The van der Waals surface area contributed by atoms with Crippen molar-refractivity contribution in [3.05, 3.63) is 29.6 Å². The number of carbonyl (C=O) groups excluding carboxylic acids is 1. The molecule has 0 aliphatic heterocycles. The lowest BCUT2D eigenvalue weighted by Gasteiger charge is -2.17. The van der Waals surface area contributed by atoms with Gasteiger partial charge in [0, 0.05) is 31.2 Å². The molecule has 0 saturated heterocycles. The van der Waals surface area contributed by atoms with Crippen LogP contribution in [0.1, 0.15) is 43.0 Å². The fourth-order valence-corrected chi connectivity index (χ4v) is 1.46. The van der Waals surface area contributed by atoms with Crippen LogP contribution >= 0.6 is 0 Å². The first-order valence-electron chi connectivity index (χ1n) is 6.08. The first-order chi connectivity index (χ1) is 8.72. The van der Waals surface area contributed by atoms with Crippen LogP contribution < -0.4 is 0 Å². The summed E-state index contributed by atoms with van der Waals surface area (Å²) in [6.07, 6.45) is 2.59. The Morgan fingerprint density at radius 2 is 1.83 bits per heavy atom. The summed E-state index contributed by atoms with van der Waals surface area (Å²) in [4.78, 5) is 15.6. The predicted molar refractivity (Wildman–Crippen MR) is 66.2 cm³/mol. The average molecular weight is 253 g/mol. The van der Waals surface area contributed by atoms with E-state index >= 15 is 0 Å². The molecule has 5 nitrogen and oxygen atoms in total. The Bertz CT molecular complexity index is 375. The van der Waals surface area contributed by atoms with Gasteiger partial charge in [0.2, 0.25) is 0 Å². The van der Waals surface area contributed by atoms with Crippen LogP contribution in [-0.4, -0.2) is 30.8 Å². The number of nitrogens with zero attached hydrogens (tertiary/aromatic N) is 1. The third kappa shape index (κ3) is 4.09. The Morgan fingerprint density at radius 3 is 2.39 bits per heavy atom. The summed E-state index contributed by atoms with van der Waals surface area (Å²) in [7, 11) is 0. The van der Waals surface area contributed by atoms with Crippen molar-refractivity contribution in [3.63, 3.8) is 0 Å². The van der Waals surface area contributed by atoms with E-state index in [9.17, 15) is 4.79 Å². The minimum absolute atomic E-state index is 0.337. The van der Waals surface area contributed by atoms with Crippen LogP contribution in [0, 0.1) is 0 Å². The molecule has 5 heteroatoms. The molecule has 0 radical (unpaired) electrons. The van der Waals surface area contributed by atoms with E-state index in [0.717, 1.165) is 0 Å². The summed E-state index contributed by atoms with van der Waals surface area (Å²) in [6.45, 7) is 6.91. The van der Waals surface area contributed by atoms with Crippen LogP contribution in [-0.2, 0) is 14.2 Å². The van der Waals surface area contributed by atoms with Crippen molar-refractivity contribution < 1.29 is 19.0 Å². The summed E-state index contributed by atoms with van der Waals surface area (Å²) in [5, 5.41) is 0. The first kappa shape index (κ1) is 14.6. The van der Waals surface area contributed by atoms with Gasteiger partial charge in [0.25, 0.3) is 0 Å². The maximum Gasteiger partial charge on any atom is 0.339 e. The highest BCUT2D eigenvalue weighted by Gasteiger charge is 2.15. The summed E-state index contributed by atoms with van der Waals surface area (Å²) >= 11 is 0. The number of esters is 1. The van der Waals surface area contributed by atoms with E-state index < -0.39 is 12.3 Å². The number of pyridine rings is 1. The van der Waals surface area contributed by atoms with Crippen molar-refractivity contribution in [1.29, 1.82) is 0 Å². The van der Waals surface area contributed by atoms with E-state index in [1.165, 1.54) is 6.20 Å². The Balaban J connectivity index is 2.87. The Labute approximate surface area is 107 Å². The van der Waals surface area contributed by atoms with Crippen LogP contribution in [0.5, 0.6) is 0 Å². The molecule has 1 aromatic rings. The van der Waals surface area contributed by atoms with Crippen LogP contribution in [0.25, 0.3) is 0 Å². The minimum atomic E-state index is -0.498. The third-order valence-corrected chi connectivity index (χ3v) is 2.18. The summed E-state index contributed by atoms with van der Waals surface area (Å²) < 4.78 is 15.8. The number of rotatable bonds is 7. The van der Waals surface area contributed by atoms with E-state index in [1.54, 1.807) is 19.2 Å². The van der Waals surface area contributed by atoms with Gasteiger partial charge in [-0.3, -0.25) is 4.98 Å². The van der Waals surface area contributed by atoms with Crippen LogP contribution in [0.3, 0.4) is 0 Å². The van der Waals surface area contributed by atoms with E-state index in [-0.39, 0.29) is 0 Å². The molecule has 0 aliphatic rings. The van der Waals surface area contributed by atoms with Crippen LogP contribution in [0.15, 0.2) is 18.5 Å². The van der Waals surface area contributed by atoms with Gasteiger partial charge in [-0.1, -0.05) is 0 Å². The molecule has 18 heavy (non-hydrogen) atoms. The number of carbonyl (C=O) groups is 1. The second-order valence-corrected chi connectivity index (χ2v) is 3.47. The fraction of sp³-hybridized carbons (Fsp3) is 0.538. The molecule has 0 N–H and O–H groups in total. The standard InChI is InChI=1S/C13H19NO4/c1-4-16-12(15)10-7-11(9-14-8-10)13(17-5-2)18-6-3/h7-9,13H,4-6H2,1-3H3. The largest absolute Gasteiger partial charge is 0.462 e. The van der Waals surface area contributed by atoms with Crippen LogP contribution in [0.4, 0.5) is 0 Å². The normalized spacial score (nSPS) is 10.7. The SMILES string of the molecule is CCOC(=O)c1cncc(C(OCC)OCC)c1. The lowest BCUT2D eigenvalue weighted by Crippen LogP contribution is -2.11. The van der Waals surface area contributed by atoms with Gasteiger partial charge in [-0.15, -0.1) is 0 Å². The number of aromatic nitrogens is 1. The van der Waals surface area contributed by atoms with Gasteiger partial charge in [-0.25, -0.2) is 4.79 Å². The summed E-state index contributed by atoms with van der Waals surface area (Å²) in [5.41, 5.74) is 1.11. The second-order valence-electron chi connectivity index (χ2n) is 3.47. The average Bonchev–Trinajstić information content (AvgIpc) is 2.39. The molecule has 1 rings (SSSR count). The maximum absolute atomic E-state index is 11.6. The molecule has 0 bridgehead atoms. The highest BCUT2D eigenvalue weighted by atomic mass is 16.7. The van der Waals surface area contributed by atoms with Gasteiger partial charge >= 0.3 is 5.97 Å². The van der Waals surface area contributed by atoms with Crippen molar-refractivity contribution in [2.24, 2.45) is 0 Å². The van der Waals surface area contributed by atoms with Gasteiger partial charge < -0.3 is 14.2 Å². The van der Waals surface area contributed by atoms with E-state index in [0.29, 0.717) is 30.9 Å². The molecule has 0 amide bonds. The molecule has 0 fully saturated rings. The molecule has 0 unspecified atom stereocenters. The molecule has 0 atom stereocenters. The van der Waals surface area contributed by atoms with Crippen molar-refractivity contribution in [2.75, 3.05) is 19.8 Å². The van der Waals surface area contributed by atoms with Crippen molar-refractivity contribution in [2.45, 2.75) is 27.1 Å². The molecule has 1 aromatic heterocycles. The molecular weight excluding hydrogens is 234 g/mol. The molecule has 0 aliphatic carbocycles. The Hall–Kier alpha value is -1.46. The topological polar surface area (TPSA) is 57.7 Å². The monoisotopic (exact) mass is 253 g/mol. The quantitative estimate of drug-likeness (QED) is 0.551. The lowest BCUT2D eigenvalue weighted by molar-refractivity contribution is -0.140. The van der Waals surface area contributed by atoms with Gasteiger partial charge in [-0.05, 0) is 26.8 Å². The summed E-state index contributed by atoms with van der Waals surface area (Å²) in [6, 6.07) is 1.68. The number of ether oxygens (including phenoxy) is 3. The van der Waals surface area contributed by atoms with E-state index in [4.69, 9.17) is 14.2 Å². The molecular formula is C13H19NO4. The minimum Gasteiger partial charge on any atom is -0.462 e. The van der Waals surface area contributed by atoms with E-state index in [2.05, 4.69) is 4.98 Å². The molecule has 0 spiro atoms. The molecule has 0 aromatic carbocycles. The van der Waals surface area contributed by atoms with Gasteiger partial charge in [-0.2, -0.15) is 0 Å². The van der Waals surface area contributed by atoms with Crippen molar-refractivity contribution >= 4 is 5.97 Å². The summed E-state index contributed by atoms with van der Waals surface area (Å²) in [5.74, 6) is -0.390. The second kappa shape index (κ2) is 7.79. The molecule has 100 valence electrons. The van der Waals surface area contributed by atoms with E-state index in [1.807, 2.05) is 13.8 Å². The van der Waals surface area contributed by atoms with Gasteiger partial charge in [0.15, 0.2) is 6.29 Å². The Kier molecular flexibility index (Phi) is 6.32. The maximum atomic E-state index is 11.6. The third-order valence-electron chi connectivity index (χ3n) is 2.18. The number of hydrogen-bond donors (Lipinski definition) is 0. The van der Waals surface area contributed by atoms with Crippen molar-refractivity contribution in [3.8, 4) is 0 Å².